The Morgan fingerprint density at radius 1 is 1.30 bits per heavy atom. The molecule has 0 saturated carbocycles. The number of hydrogen-bond donors (Lipinski definition) is 2. The second-order valence-electron chi connectivity index (χ2n) is 6.84. The van der Waals surface area contributed by atoms with Gasteiger partial charge in [0.2, 0.25) is 0 Å². The zero-order valence-electron chi connectivity index (χ0n) is 14.4. The smallest absolute Gasteiger partial charge is 0.410 e. The van der Waals surface area contributed by atoms with Crippen LogP contribution < -0.4 is 15.8 Å². The highest BCUT2D eigenvalue weighted by molar-refractivity contribution is 5.68. The van der Waals surface area contributed by atoms with Crippen molar-refractivity contribution in [2.24, 2.45) is 0 Å². The maximum Gasteiger partial charge on any atom is 0.410 e. The number of piperidine rings is 1. The molecule has 0 radical (unpaired) electrons. The standard InChI is InChI=1S/C17H27N3O3/c1-17(2,3)23-16(21)20-9-7-12(8-10-20)19-13-5-6-14(18)15(11-13)22-4/h5-6,11-12,19H,7-10,18H2,1-4H3. The molecule has 0 aromatic heterocycles. The Labute approximate surface area is 137 Å². The van der Waals surface area contributed by atoms with Crippen molar-refractivity contribution < 1.29 is 14.3 Å². The summed E-state index contributed by atoms with van der Waals surface area (Å²) in [5.74, 6) is 0.668. The van der Waals surface area contributed by atoms with E-state index < -0.39 is 5.60 Å². The predicted molar refractivity (Wildman–Crippen MR) is 91.9 cm³/mol. The van der Waals surface area contributed by atoms with Crippen LogP contribution in [0.2, 0.25) is 0 Å². The lowest BCUT2D eigenvalue weighted by Gasteiger charge is -2.34. The molecule has 23 heavy (non-hydrogen) atoms. The second kappa shape index (κ2) is 6.98. The van der Waals surface area contributed by atoms with E-state index in [1.807, 2.05) is 39.0 Å². The molecular weight excluding hydrogens is 294 g/mol. The highest BCUT2D eigenvalue weighted by Crippen LogP contribution is 2.26. The van der Waals surface area contributed by atoms with Crippen LogP contribution in [0.3, 0.4) is 0 Å². The summed E-state index contributed by atoms with van der Waals surface area (Å²) in [7, 11) is 1.61. The number of nitrogens with one attached hydrogen (secondary N) is 1. The number of hydrogen-bond acceptors (Lipinski definition) is 5. The van der Waals surface area contributed by atoms with Gasteiger partial charge >= 0.3 is 6.09 Å². The van der Waals surface area contributed by atoms with Crippen molar-refractivity contribution in [2.45, 2.75) is 45.3 Å². The van der Waals surface area contributed by atoms with Crippen molar-refractivity contribution in [1.82, 2.24) is 4.90 Å². The van der Waals surface area contributed by atoms with Crippen LogP contribution >= 0.6 is 0 Å². The highest BCUT2D eigenvalue weighted by Gasteiger charge is 2.26. The number of carbonyl (C=O) groups is 1. The summed E-state index contributed by atoms with van der Waals surface area (Å²) in [6.07, 6.45) is 1.53. The van der Waals surface area contributed by atoms with Crippen molar-refractivity contribution in [1.29, 1.82) is 0 Å². The Morgan fingerprint density at radius 3 is 2.52 bits per heavy atom. The Balaban J connectivity index is 1.86. The van der Waals surface area contributed by atoms with Gasteiger partial charge in [-0.05, 0) is 45.7 Å². The topological polar surface area (TPSA) is 76.8 Å². The molecule has 6 heteroatoms. The van der Waals surface area contributed by atoms with E-state index in [9.17, 15) is 4.79 Å². The summed E-state index contributed by atoms with van der Waals surface area (Å²) < 4.78 is 10.6. The summed E-state index contributed by atoms with van der Waals surface area (Å²) in [6, 6.07) is 5.99. The Hall–Kier alpha value is -2.11. The van der Waals surface area contributed by atoms with Gasteiger partial charge in [-0.2, -0.15) is 0 Å². The molecule has 1 aliphatic heterocycles. The van der Waals surface area contributed by atoms with E-state index in [4.69, 9.17) is 15.2 Å². The zero-order valence-corrected chi connectivity index (χ0v) is 14.4. The number of nitrogens with zero attached hydrogens (tertiary/aromatic N) is 1. The summed E-state index contributed by atoms with van der Waals surface area (Å²) in [5, 5.41) is 3.48. The lowest BCUT2D eigenvalue weighted by Crippen LogP contribution is -2.44. The summed E-state index contributed by atoms with van der Waals surface area (Å²) in [5.41, 5.74) is 6.97. The number of amides is 1. The van der Waals surface area contributed by atoms with Gasteiger partial charge in [-0.3, -0.25) is 0 Å². The van der Waals surface area contributed by atoms with E-state index in [2.05, 4.69) is 5.32 Å². The predicted octanol–water partition coefficient (Wildman–Crippen LogP) is 3.09. The van der Waals surface area contributed by atoms with Gasteiger partial charge < -0.3 is 25.4 Å². The summed E-state index contributed by atoms with van der Waals surface area (Å²) in [6.45, 7) is 7.03. The maximum atomic E-state index is 12.1. The fourth-order valence-corrected chi connectivity index (χ4v) is 2.57. The fourth-order valence-electron chi connectivity index (χ4n) is 2.57. The van der Waals surface area contributed by atoms with E-state index in [0.717, 1.165) is 18.5 Å². The number of carbonyl (C=O) groups excluding carboxylic acids is 1. The molecule has 2 rings (SSSR count). The van der Waals surface area contributed by atoms with E-state index >= 15 is 0 Å². The van der Waals surface area contributed by atoms with Crippen LogP contribution in [0, 0.1) is 0 Å². The molecule has 1 heterocycles. The van der Waals surface area contributed by atoms with E-state index in [1.165, 1.54) is 0 Å². The van der Waals surface area contributed by atoms with Gasteiger partial charge in [0.05, 0.1) is 12.8 Å². The molecule has 1 fully saturated rings. The van der Waals surface area contributed by atoms with Crippen LogP contribution in [0.15, 0.2) is 18.2 Å². The van der Waals surface area contributed by atoms with E-state index in [1.54, 1.807) is 12.0 Å². The first-order valence-corrected chi connectivity index (χ1v) is 7.96. The minimum Gasteiger partial charge on any atom is -0.495 e. The fraction of sp³-hybridized carbons (Fsp3) is 0.588. The third kappa shape index (κ3) is 4.94. The molecule has 1 amide bonds. The quantitative estimate of drug-likeness (QED) is 0.837. The van der Waals surface area contributed by atoms with E-state index in [0.29, 0.717) is 30.6 Å². The average Bonchev–Trinajstić information content (AvgIpc) is 2.48. The molecule has 1 saturated heterocycles. The molecule has 0 atom stereocenters. The van der Waals surface area contributed by atoms with Crippen molar-refractivity contribution >= 4 is 17.5 Å². The van der Waals surface area contributed by atoms with Crippen molar-refractivity contribution in [3.05, 3.63) is 18.2 Å². The zero-order chi connectivity index (χ0) is 17.0. The lowest BCUT2D eigenvalue weighted by atomic mass is 10.0. The minimum absolute atomic E-state index is 0.231. The van der Waals surface area contributed by atoms with Crippen molar-refractivity contribution in [3.8, 4) is 5.75 Å². The van der Waals surface area contributed by atoms with Gasteiger partial charge in [0, 0.05) is 30.9 Å². The number of benzene rings is 1. The van der Waals surface area contributed by atoms with Crippen LogP contribution in [0.4, 0.5) is 16.2 Å². The average molecular weight is 321 g/mol. The minimum atomic E-state index is -0.452. The number of rotatable bonds is 3. The lowest BCUT2D eigenvalue weighted by molar-refractivity contribution is 0.0210. The molecule has 1 aliphatic rings. The normalized spacial score (nSPS) is 16.1. The first-order chi connectivity index (χ1) is 10.8. The number of methoxy groups -OCH3 is 1. The van der Waals surface area contributed by atoms with Crippen molar-refractivity contribution in [3.63, 3.8) is 0 Å². The van der Waals surface area contributed by atoms with Crippen LogP contribution in [0.5, 0.6) is 5.75 Å². The SMILES string of the molecule is COc1cc(NC2CCN(C(=O)OC(C)(C)C)CC2)ccc1N. The first-order valence-electron chi connectivity index (χ1n) is 7.96. The second-order valence-corrected chi connectivity index (χ2v) is 6.84. The number of likely N-dealkylation sites (tertiary alicyclic amines) is 1. The van der Waals surface area contributed by atoms with Crippen LogP contribution in [0.25, 0.3) is 0 Å². The number of ether oxygens (including phenoxy) is 2. The molecule has 0 unspecified atom stereocenters. The van der Waals surface area contributed by atoms with Gasteiger partial charge in [0.1, 0.15) is 11.4 Å². The summed E-state index contributed by atoms with van der Waals surface area (Å²) in [4.78, 5) is 13.8. The van der Waals surface area contributed by atoms with Gasteiger partial charge in [0.25, 0.3) is 0 Å². The van der Waals surface area contributed by atoms with Gasteiger partial charge in [-0.25, -0.2) is 4.79 Å². The van der Waals surface area contributed by atoms with Gasteiger partial charge in [-0.1, -0.05) is 0 Å². The largest absolute Gasteiger partial charge is 0.495 e. The monoisotopic (exact) mass is 321 g/mol. The van der Waals surface area contributed by atoms with Gasteiger partial charge in [-0.15, -0.1) is 0 Å². The third-order valence-electron chi connectivity index (χ3n) is 3.75. The Bertz CT molecular complexity index is 547. The highest BCUT2D eigenvalue weighted by atomic mass is 16.6. The third-order valence-corrected chi connectivity index (χ3v) is 3.75. The molecule has 3 N–H and O–H groups in total. The molecule has 0 spiro atoms. The molecule has 1 aromatic carbocycles. The first kappa shape index (κ1) is 17.2. The molecule has 6 nitrogen and oxygen atoms in total. The number of nitrogen functional groups attached to an aromatic ring is 1. The number of anilines is 2. The molecule has 128 valence electrons. The van der Waals surface area contributed by atoms with Gasteiger partial charge in [0.15, 0.2) is 0 Å². The van der Waals surface area contributed by atoms with Crippen LogP contribution in [-0.2, 0) is 4.74 Å². The van der Waals surface area contributed by atoms with Crippen molar-refractivity contribution in [2.75, 3.05) is 31.2 Å². The molecule has 0 aliphatic carbocycles. The van der Waals surface area contributed by atoms with Crippen LogP contribution in [-0.4, -0.2) is 42.8 Å². The molecule has 0 bridgehead atoms. The molecular formula is C17H27N3O3. The van der Waals surface area contributed by atoms with E-state index in [-0.39, 0.29) is 6.09 Å². The van der Waals surface area contributed by atoms with Crippen LogP contribution in [0.1, 0.15) is 33.6 Å². The Kier molecular flexibility index (Phi) is 5.23. The Morgan fingerprint density at radius 2 is 1.96 bits per heavy atom. The summed E-state index contributed by atoms with van der Waals surface area (Å²) >= 11 is 0. The molecule has 1 aromatic rings. The number of nitrogens with two attached hydrogens (primary N) is 1. The maximum absolute atomic E-state index is 12.1.